The van der Waals surface area contributed by atoms with Crippen molar-refractivity contribution in [1.29, 1.82) is 0 Å². The van der Waals surface area contributed by atoms with Gasteiger partial charge in [0.25, 0.3) is 0 Å². The van der Waals surface area contributed by atoms with Crippen molar-refractivity contribution >= 4 is 0 Å². The van der Waals surface area contributed by atoms with Crippen LogP contribution < -0.4 is 9.47 Å². The van der Waals surface area contributed by atoms with Gasteiger partial charge in [-0.3, -0.25) is 0 Å². The predicted molar refractivity (Wildman–Crippen MR) is 118 cm³/mol. The molecule has 0 saturated carbocycles. The minimum Gasteiger partial charge on any atom is -0.497 e. The summed E-state index contributed by atoms with van der Waals surface area (Å²) >= 11 is 0. The first-order chi connectivity index (χ1) is 14.8. The molecule has 3 aromatic carbocycles. The highest BCUT2D eigenvalue weighted by Gasteiger charge is 2.11. The van der Waals surface area contributed by atoms with Gasteiger partial charge in [0.2, 0.25) is 11.8 Å². The van der Waals surface area contributed by atoms with Crippen LogP contribution in [0, 0.1) is 0 Å². The van der Waals surface area contributed by atoms with E-state index in [9.17, 15) is 0 Å². The Balaban J connectivity index is 1.46. The maximum atomic E-state index is 5.89. The van der Waals surface area contributed by atoms with Gasteiger partial charge in [0.1, 0.15) is 11.5 Å². The van der Waals surface area contributed by atoms with Crippen LogP contribution in [-0.4, -0.2) is 23.9 Å². The third-order valence-corrected chi connectivity index (χ3v) is 4.85. The van der Waals surface area contributed by atoms with Crippen LogP contribution in [0.4, 0.5) is 0 Å². The summed E-state index contributed by atoms with van der Waals surface area (Å²) in [5, 5.41) is 8.40. The largest absolute Gasteiger partial charge is 0.497 e. The second kappa shape index (κ2) is 9.27. The van der Waals surface area contributed by atoms with E-state index in [0.29, 0.717) is 11.8 Å². The summed E-state index contributed by atoms with van der Waals surface area (Å²) in [6.07, 6.45) is 2.16. The quantitative estimate of drug-likeness (QED) is 0.327. The molecule has 0 radical (unpaired) electrons. The van der Waals surface area contributed by atoms with Crippen LogP contribution in [0.15, 0.2) is 77.2 Å². The zero-order valence-corrected chi connectivity index (χ0v) is 17.2. The number of hydrogen-bond donors (Lipinski definition) is 0. The fraction of sp³-hybridized carbons (Fsp3) is 0.200. The van der Waals surface area contributed by atoms with Crippen LogP contribution in [0.5, 0.6) is 11.5 Å². The molecule has 0 fully saturated rings. The topological polar surface area (TPSA) is 57.4 Å². The smallest absolute Gasteiger partial charge is 0.248 e. The summed E-state index contributed by atoms with van der Waals surface area (Å²) in [5.74, 6) is 2.68. The summed E-state index contributed by atoms with van der Waals surface area (Å²) in [7, 11) is 1.66. The second-order valence-corrected chi connectivity index (χ2v) is 6.94. The fourth-order valence-corrected chi connectivity index (χ4v) is 3.07. The molecule has 0 spiro atoms. The Kier molecular flexibility index (Phi) is 6.09. The normalized spacial score (nSPS) is 10.7. The lowest BCUT2D eigenvalue weighted by atomic mass is 10.0. The second-order valence-electron chi connectivity index (χ2n) is 6.94. The minimum atomic E-state index is 0.490. The molecule has 4 aromatic rings. The van der Waals surface area contributed by atoms with Crippen LogP contribution in [0.25, 0.3) is 34.0 Å². The van der Waals surface area contributed by atoms with Crippen molar-refractivity contribution in [3.63, 3.8) is 0 Å². The summed E-state index contributed by atoms with van der Waals surface area (Å²) < 4.78 is 16.8. The minimum absolute atomic E-state index is 0.490. The average Bonchev–Trinajstić information content (AvgIpc) is 3.30. The monoisotopic (exact) mass is 400 g/mol. The molecule has 0 unspecified atom stereocenters. The van der Waals surface area contributed by atoms with Crippen molar-refractivity contribution in [3.8, 4) is 45.5 Å². The van der Waals surface area contributed by atoms with E-state index < -0.39 is 0 Å². The van der Waals surface area contributed by atoms with Gasteiger partial charge in [-0.25, -0.2) is 0 Å². The van der Waals surface area contributed by atoms with E-state index in [2.05, 4.69) is 17.1 Å². The Bertz CT molecular complexity index is 1070. The Morgan fingerprint density at radius 1 is 0.667 bits per heavy atom. The van der Waals surface area contributed by atoms with Crippen LogP contribution in [-0.2, 0) is 0 Å². The van der Waals surface area contributed by atoms with Gasteiger partial charge in [-0.2, -0.15) is 0 Å². The summed E-state index contributed by atoms with van der Waals surface area (Å²) in [6, 6.07) is 23.8. The van der Waals surface area contributed by atoms with Crippen molar-refractivity contribution in [1.82, 2.24) is 10.2 Å². The maximum absolute atomic E-state index is 5.89. The molecular weight excluding hydrogens is 376 g/mol. The van der Waals surface area contributed by atoms with Crippen molar-refractivity contribution < 1.29 is 13.9 Å². The third kappa shape index (κ3) is 4.51. The molecule has 4 rings (SSSR count). The van der Waals surface area contributed by atoms with E-state index in [-0.39, 0.29) is 0 Å². The fourth-order valence-electron chi connectivity index (χ4n) is 3.07. The van der Waals surface area contributed by atoms with Crippen molar-refractivity contribution in [2.45, 2.75) is 19.8 Å². The summed E-state index contributed by atoms with van der Waals surface area (Å²) in [4.78, 5) is 0. The molecule has 0 atom stereocenters. The molecule has 0 bridgehead atoms. The third-order valence-electron chi connectivity index (χ3n) is 4.85. The molecule has 152 valence electrons. The van der Waals surface area contributed by atoms with Crippen molar-refractivity contribution in [2.75, 3.05) is 13.7 Å². The molecule has 0 aliphatic carbocycles. The Morgan fingerprint density at radius 2 is 1.13 bits per heavy atom. The van der Waals surface area contributed by atoms with Crippen LogP contribution in [0.1, 0.15) is 19.8 Å². The van der Waals surface area contributed by atoms with Crippen LogP contribution in [0.2, 0.25) is 0 Å². The van der Waals surface area contributed by atoms with E-state index in [1.165, 1.54) is 0 Å². The van der Waals surface area contributed by atoms with Crippen molar-refractivity contribution in [2.24, 2.45) is 0 Å². The van der Waals surface area contributed by atoms with E-state index in [1.54, 1.807) is 7.11 Å². The number of hydrogen-bond acceptors (Lipinski definition) is 5. The predicted octanol–water partition coefficient (Wildman–Crippen LogP) is 6.26. The first kappa shape index (κ1) is 19.7. The highest BCUT2D eigenvalue weighted by molar-refractivity contribution is 5.68. The van der Waals surface area contributed by atoms with E-state index in [1.807, 2.05) is 72.8 Å². The highest BCUT2D eigenvalue weighted by atomic mass is 16.5. The average molecular weight is 400 g/mol. The zero-order valence-electron chi connectivity index (χ0n) is 17.2. The molecule has 1 heterocycles. The Labute approximate surface area is 176 Å². The summed E-state index contributed by atoms with van der Waals surface area (Å²) in [6.45, 7) is 2.87. The molecule has 5 heteroatoms. The van der Waals surface area contributed by atoms with Crippen LogP contribution >= 0.6 is 0 Å². The number of rotatable bonds is 8. The number of nitrogens with zero attached hydrogens (tertiary/aromatic N) is 2. The van der Waals surface area contributed by atoms with E-state index >= 15 is 0 Å². The van der Waals surface area contributed by atoms with E-state index in [0.717, 1.165) is 53.2 Å². The van der Waals surface area contributed by atoms with Gasteiger partial charge < -0.3 is 13.9 Å². The molecule has 1 aromatic heterocycles. The van der Waals surface area contributed by atoms with Crippen LogP contribution in [0.3, 0.4) is 0 Å². The van der Waals surface area contributed by atoms with Crippen molar-refractivity contribution in [3.05, 3.63) is 72.8 Å². The maximum Gasteiger partial charge on any atom is 0.248 e. The molecule has 0 aliphatic heterocycles. The van der Waals surface area contributed by atoms with Gasteiger partial charge in [0.05, 0.1) is 13.7 Å². The number of ether oxygens (including phenoxy) is 2. The zero-order chi connectivity index (χ0) is 20.8. The highest BCUT2D eigenvalue weighted by Crippen LogP contribution is 2.28. The molecule has 0 amide bonds. The summed E-state index contributed by atoms with van der Waals surface area (Å²) in [5.41, 5.74) is 3.98. The number of unbranched alkanes of at least 4 members (excludes halogenated alkanes) is 1. The Hall–Kier alpha value is -3.60. The number of methoxy groups -OCH3 is 1. The lowest BCUT2D eigenvalue weighted by Crippen LogP contribution is -1.95. The lowest BCUT2D eigenvalue weighted by Gasteiger charge is -2.05. The van der Waals surface area contributed by atoms with Gasteiger partial charge in [0, 0.05) is 11.1 Å². The van der Waals surface area contributed by atoms with Gasteiger partial charge in [-0.1, -0.05) is 37.6 Å². The molecule has 0 N–H and O–H groups in total. The number of aromatic nitrogens is 2. The molecule has 0 saturated heterocycles. The standard InChI is InChI=1S/C25H24N2O3/c1-3-4-17-29-23-15-11-21(12-16-23)25-27-26-24(30-25)20-7-5-18(6-8-20)19-9-13-22(28-2)14-10-19/h5-16H,3-4,17H2,1-2H3. The van der Waals surface area contributed by atoms with Gasteiger partial charge in [-0.15, -0.1) is 10.2 Å². The SMILES string of the molecule is CCCCOc1ccc(-c2nnc(-c3ccc(-c4ccc(OC)cc4)cc3)o2)cc1. The van der Waals surface area contributed by atoms with Gasteiger partial charge >= 0.3 is 0 Å². The van der Waals surface area contributed by atoms with E-state index in [4.69, 9.17) is 13.9 Å². The molecule has 0 aliphatic rings. The van der Waals surface area contributed by atoms with Gasteiger partial charge in [-0.05, 0) is 66.1 Å². The van der Waals surface area contributed by atoms with Gasteiger partial charge in [0.15, 0.2) is 0 Å². The lowest BCUT2D eigenvalue weighted by molar-refractivity contribution is 0.309. The molecular formula is C25H24N2O3. The first-order valence-electron chi connectivity index (χ1n) is 10.1. The first-order valence-corrected chi connectivity index (χ1v) is 10.1. The number of benzene rings is 3. The molecule has 30 heavy (non-hydrogen) atoms. The Morgan fingerprint density at radius 3 is 1.67 bits per heavy atom. The molecule has 5 nitrogen and oxygen atoms in total.